The van der Waals surface area contributed by atoms with E-state index in [-0.39, 0.29) is 0 Å². The molecule has 0 fully saturated rings. The van der Waals surface area contributed by atoms with Crippen molar-refractivity contribution in [2.24, 2.45) is 17.4 Å². The molecule has 19 heavy (non-hydrogen) atoms. The molecule has 0 bridgehead atoms. The van der Waals surface area contributed by atoms with Gasteiger partial charge in [-0.2, -0.15) is 0 Å². The number of hydrogen-bond acceptors (Lipinski definition) is 2. The van der Waals surface area contributed by atoms with Crippen molar-refractivity contribution in [3.63, 3.8) is 0 Å². The highest BCUT2D eigenvalue weighted by Gasteiger charge is 2.47. The van der Waals surface area contributed by atoms with Crippen molar-refractivity contribution in [1.29, 1.82) is 0 Å². The molecule has 2 atom stereocenters. The number of aryl methyl sites for hydroxylation is 1. The van der Waals surface area contributed by atoms with Gasteiger partial charge < -0.3 is 11.5 Å². The maximum absolute atomic E-state index is 12.1. The maximum Gasteiger partial charge on any atom is 0.233 e. The lowest BCUT2D eigenvalue weighted by atomic mass is 9.66. The Morgan fingerprint density at radius 1 is 1.16 bits per heavy atom. The summed E-state index contributed by atoms with van der Waals surface area (Å²) in [4.78, 5) is 23.8. The summed E-state index contributed by atoms with van der Waals surface area (Å²) in [5.74, 6) is -1.91. The van der Waals surface area contributed by atoms with E-state index in [0.717, 1.165) is 5.56 Å². The van der Waals surface area contributed by atoms with Crippen molar-refractivity contribution < 1.29 is 9.59 Å². The second-order valence-electron chi connectivity index (χ2n) is 4.67. The smallest absolute Gasteiger partial charge is 0.233 e. The van der Waals surface area contributed by atoms with Gasteiger partial charge in [0.15, 0.2) is 0 Å². The first-order valence-corrected chi connectivity index (χ1v) is 6.01. The quantitative estimate of drug-likeness (QED) is 0.843. The molecule has 0 saturated carbocycles. The lowest BCUT2D eigenvalue weighted by Crippen LogP contribution is -2.51. The Kier molecular flexibility index (Phi) is 3.25. The largest absolute Gasteiger partial charge is 0.369 e. The Hall–Kier alpha value is -2.36. The molecule has 1 aliphatic rings. The maximum atomic E-state index is 12.1. The standard InChI is InChI=1S/C15H16N2O2/c1-10-6-2-3-7-11(10)15(14(17)19)9-5-4-8-12(15)13(16)18/h2-9,12H,1H3,(H2,16,18)(H2,17,19). The first-order valence-electron chi connectivity index (χ1n) is 6.01. The molecular weight excluding hydrogens is 240 g/mol. The van der Waals surface area contributed by atoms with Crippen LogP contribution in [0.2, 0.25) is 0 Å². The van der Waals surface area contributed by atoms with Crippen LogP contribution in [0.3, 0.4) is 0 Å². The summed E-state index contributed by atoms with van der Waals surface area (Å²) >= 11 is 0. The zero-order valence-electron chi connectivity index (χ0n) is 10.7. The van der Waals surface area contributed by atoms with E-state index in [2.05, 4.69) is 0 Å². The normalized spacial score (nSPS) is 25.2. The van der Waals surface area contributed by atoms with Crippen molar-refractivity contribution >= 4 is 11.8 Å². The van der Waals surface area contributed by atoms with Gasteiger partial charge in [0, 0.05) is 0 Å². The number of primary amides is 2. The molecule has 0 radical (unpaired) electrons. The summed E-state index contributed by atoms with van der Waals surface area (Å²) in [6.07, 6.45) is 6.71. The first-order chi connectivity index (χ1) is 9.00. The van der Waals surface area contributed by atoms with Crippen molar-refractivity contribution in [1.82, 2.24) is 0 Å². The first kappa shape index (κ1) is 13.1. The van der Waals surface area contributed by atoms with Crippen LogP contribution in [-0.4, -0.2) is 11.8 Å². The molecule has 2 rings (SSSR count). The predicted octanol–water partition coefficient (Wildman–Crippen LogP) is 0.946. The van der Waals surface area contributed by atoms with Crippen LogP contribution >= 0.6 is 0 Å². The second-order valence-corrected chi connectivity index (χ2v) is 4.67. The van der Waals surface area contributed by atoms with E-state index < -0.39 is 23.1 Å². The van der Waals surface area contributed by atoms with E-state index >= 15 is 0 Å². The summed E-state index contributed by atoms with van der Waals surface area (Å²) in [5, 5.41) is 0. The van der Waals surface area contributed by atoms with Crippen LogP contribution in [0, 0.1) is 12.8 Å². The molecule has 0 heterocycles. The summed E-state index contributed by atoms with van der Waals surface area (Å²) in [6.45, 7) is 1.88. The number of nitrogens with two attached hydrogens (primary N) is 2. The van der Waals surface area contributed by atoms with Crippen LogP contribution in [0.15, 0.2) is 48.6 Å². The molecule has 0 aromatic heterocycles. The van der Waals surface area contributed by atoms with Crippen molar-refractivity contribution in [2.45, 2.75) is 12.3 Å². The summed E-state index contributed by atoms with van der Waals surface area (Å²) in [6, 6.07) is 7.37. The minimum Gasteiger partial charge on any atom is -0.369 e. The van der Waals surface area contributed by atoms with Gasteiger partial charge in [0.2, 0.25) is 11.8 Å². The number of amides is 2. The van der Waals surface area contributed by atoms with E-state index in [4.69, 9.17) is 11.5 Å². The van der Waals surface area contributed by atoms with Gasteiger partial charge in [0.1, 0.15) is 5.41 Å². The number of benzene rings is 1. The monoisotopic (exact) mass is 256 g/mol. The Labute approximate surface area is 111 Å². The highest BCUT2D eigenvalue weighted by Crippen LogP contribution is 2.38. The average molecular weight is 256 g/mol. The lowest BCUT2D eigenvalue weighted by Gasteiger charge is -2.35. The van der Waals surface area contributed by atoms with E-state index in [9.17, 15) is 9.59 Å². The summed E-state index contributed by atoms with van der Waals surface area (Å²) in [5.41, 5.74) is 11.4. The fourth-order valence-corrected chi connectivity index (χ4v) is 2.62. The number of rotatable bonds is 3. The van der Waals surface area contributed by atoms with Gasteiger partial charge in [0.05, 0.1) is 5.92 Å². The average Bonchev–Trinajstić information content (AvgIpc) is 2.38. The molecule has 2 amide bonds. The SMILES string of the molecule is Cc1ccccc1C1(C(N)=O)C=CC=CC1C(N)=O. The van der Waals surface area contributed by atoms with Gasteiger partial charge in [-0.1, -0.05) is 48.6 Å². The van der Waals surface area contributed by atoms with Crippen molar-refractivity contribution in [3.8, 4) is 0 Å². The Morgan fingerprint density at radius 2 is 1.84 bits per heavy atom. The third-order valence-corrected chi connectivity index (χ3v) is 3.57. The Morgan fingerprint density at radius 3 is 2.42 bits per heavy atom. The minimum atomic E-state index is -1.20. The van der Waals surface area contributed by atoms with E-state index in [1.807, 2.05) is 25.1 Å². The molecule has 1 aliphatic carbocycles. The van der Waals surface area contributed by atoms with Crippen LogP contribution < -0.4 is 11.5 Å². The zero-order chi connectivity index (χ0) is 14.0. The number of allylic oxidation sites excluding steroid dienone is 2. The topological polar surface area (TPSA) is 86.2 Å². The van der Waals surface area contributed by atoms with E-state index in [1.165, 1.54) is 0 Å². The predicted molar refractivity (Wildman–Crippen MR) is 73.0 cm³/mol. The van der Waals surface area contributed by atoms with Gasteiger partial charge >= 0.3 is 0 Å². The third kappa shape index (κ3) is 1.95. The van der Waals surface area contributed by atoms with Gasteiger partial charge in [0.25, 0.3) is 0 Å². The number of carbonyl (C=O) groups excluding carboxylic acids is 2. The molecular formula is C15H16N2O2. The van der Waals surface area contributed by atoms with Crippen LogP contribution in [0.5, 0.6) is 0 Å². The molecule has 0 spiro atoms. The molecule has 1 aromatic rings. The molecule has 1 aromatic carbocycles. The van der Waals surface area contributed by atoms with Crippen molar-refractivity contribution in [2.75, 3.05) is 0 Å². The van der Waals surface area contributed by atoms with Gasteiger partial charge in [-0.25, -0.2) is 0 Å². The number of carbonyl (C=O) groups is 2. The van der Waals surface area contributed by atoms with Crippen molar-refractivity contribution in [3.05, 3.63) is 59.7 Å². The Bertz CT molecular complexity index is 590. The summed E-state index contributed by atoms with van der Waals surface area (Å²) in [7, 11) is 0. The highest BCUT2D eigenvalue weighted by molar-refractivity contribution is 5.97. The molecule has 98 valence electrons. The fourth-order valence-electron chi connectivity index (χ4n) is 2.62. The van der Waals surface area contributed by atoms with E-state index in [1.54, 1.807) is 30.4 Å². The van der Waals surface area contributed by atoms with Crippen LogP contribution in [0.25, 0.3) is 0 Å². The van der Waals surface area contributed by atoms with Crippen LogP contribution in [-0.2, 0) is 15.0 Å². The molecule has 0 aliphatic heterocycles. The summed E-state index contributed by atoms with van der Waals surface area (Å²) < 4.78 is 0. The van der Waals surface area contributed by atoms with Crippen LogP contribution in [0.1, 0.15) is 11.1 Å². The molecule has 2 unspecified atom stereocenters. The van der Waals surface area contributed by atoms with Gasteiger partial charge in [-0.05, 0) is 18.1 Å². The van der Waals surface area contributed by atoms with Gasteiger partial charge in [-0.3, -0.25) is 9.59 Å². The molecule has 4 N–H and O–H groups in total. The lowest BCUT2D eigenvalue weighted by molar-refractivity contribution is -0.130. The molecule has 4 heteroatoms. The number of hydrogen-bond donors (Lipinski definition) is 2. The second kappa shape index (κ2) is 4.72. The minimum absolute atomic E-state index is 0.567. The zero-order valence-corrected chi connectivity index (χ0v) is 10.7. The fraction of sp³-hybridized carbons (Fsp3) is 0.200. The van der Waals surface area contributed by atoms with Gasteiger partial charge in [-0.15, -0.1) is 0 Å². The van der Waals surface area contributed by atoms with E-state index in [0.29, 0.717) is 5.56 Å². The Balaban J connectivity index is 2.71. The third-order valence-electron chi connectivity index (χ3n) is 3.57. The molecule has 4 nitrogen and oxygen atoms in total. The highest BCUT2D eigenvalue weighted by atomic mass is 16.2. The van der Waals surface area contributed by atoms with Crippen LogP contribution in [0.4, 0.5) is 0 Å². The molecule has 0 saturated heterocycles.